The zero-order valence-corrected chi connectivity index (χ0v) is 20.2. The van der Waals surface area contributed by atoms with Crippen molar-refractivity contribution in [1.82, 2.24) is 30.8 Å². The first-order chi connectivity index (χ1) is 18.2. The van der Waals surface area contributed by atoms with Gasteiger partial charge in [-0.15, -0.1) is 0 Å². The highest BCUT2D eigenvalue weighted by Gasteiger charge is 2.50. The van der Waals surface area contributed by atoms with Gasteiger partial charge in [-0.05, 0) is 28.1 Å². The van der Waals surface area contributed by atoms with Crippen LogP contribution in [-0.4, -0.2) is 84.0 Å². The molecule has 3 saturated heterocycles. The minimum atomic E-state index is -0.315. The Morgan fingerprint density at radius 1 is 1.03 bits per heavy atom. The van der Waals surface area contributed by atoms with E-state index < -0.39 is 0 Å². The number of benzene rings is 2. The maximum atomic E-state index is 12.5. The van der Waals surface area contributed by atoms with Crippen LogP contribution in [0.4, 0.5) is 10.5 Å². The lowest BCUT2D eigenvalue weighted by Crippen LogP contribution is -2.48. The number of hydrogen-bond acceptors (Lipinski definition) is 9. The van der Waals surface area contributed by atoms with Crippen molar-refractivity contribution in [3.63, 3.8) is 0 Å². The van der Waals surface area contributed by atoms with Crippen LogP contribution in [0.5, 0.6) is 11.8 Å². The number of morpholine rings is 1. The highest BCUT2D eigenvalue weighted by Crippen LogP contribution is 2.36. The summed E-state index contributed by atoms with van der Waals surface area (Å²) in [4.78, 5) is 14.7. The summed E-state index contributed by atoms with van der Waals surface area (Å²) in [6, 6.07) is 17.0. The van der Waals surface area contributed by atoms with E-state index in [1.54, 1.807) is 4.68 Å². The average molecular weight is 508 g/mol. The largest absolute Gasteiger partial charge is 0.423 e. The Morgan fingerprint density at radius 3 is 2.73 bits per heavy atom. The van der Waals surface area contributed by atoms with Crippen LogP contribution in [0, 0.1) is 0 Å². The number of amides is 2. The second kappa shape index (κ2) is 10.7. The van der Waals surface area contributed by atoms with Crippen LogP contribution < -0.4 is 20.3 Å². The summed E-state index contributed by atoms with van der Waals surface area (Å²) in [5, 5.41) is 17.9. The number of ether oxygens (including phenoxy) is 4. The van der Waals surface area contributed by atoms with Crippen molar-refractivity contribution in [2.24, 2.45) is 0 Å². The third-order valence-corrected chi connectivity index (χ3v) is 6.82. The molecule has 2 amide bonds. The van der Waals surface area contributed by atoms with Gasteiger partial charge in [0.1, 0.15) is 24.0 Å². The maximum absolute atomic E-state index is 12.5. The van der Waals surface area contributed by atoms with Gasteiger partial charge in [0.05, 0.1) is 32.5 Å². The molecule has 0 bridgehead atoms. The molecule has 3 aromatic rings. The topological polar surface area (TPSA) is 125 Å². The highest BCUT2D eigenvalue weighted by molar-refractivity contribution is 5.74. The fraction of sp³-hybridized carbons (Fsp3) is 0.440. The van der Waals surface area contributed by atoms with Crippen molar-refractivity contribution in [2.75, 3.05) is 44.4 Å². The molecular weight excluding hydrogens is 478 g/mol. The Bertz CT molecular complexity index is 1200. The van der Waals surface area contributed by atoms with E-state index in [2.05, 4.69) is 31.1 Å². The van der Waals surface area contributed by atoms with Gasteiger partial charge in [-0.3, -0.25) is 0 Å². The van der Waals surface area contributed by atoms with Crippen molar-refractivity contribution in [3.05, 3.63) is 60.2 Å². The number of nitrogens with zero attached hydrogens (tertiary/aromatic N) is 5. The van der Waals surface area contributed by atoms with Gasteiger partial charge >= 0.3 is 12.0 Å². The molecule has 1 aromatic heterocycles. The quantitative estimate of drug-likeness (QED) is 0.490. The van der Waals surface area contributed by atoms with Gasteiger partial charge in [-0.2, -0.15) is 4.68 Å². The number of carbonyl (C=O) groups excluding carboxylic acids is 1. The van der Waals surface area contributed by atoms with E-state index in [9.17, 15) is 4.79 Å². The first-order valence-corrected chi connectivity index (χ1v) is 12.4. The predicted octanol–water partition coefficient (Wildman–Crippen LogP) is 1.51. The standard InChI is InChI=1S/C25H29N7O5/c33-24(26-14-17-5-2-1-3-6-17)27-20-15-35-23-21(16-36-22(20)23)32-25(28-29-30-32)37-19-8-4-7-18(13-19)31-9-11-34-12-10-31/h1-8,13,20-23H,9-12,14-16H2,(H2,26,27,33)/t20-,21-,22+,23+/m0/s1. The van der Waals surface area contributed by atoms with E-state index in [1.165, 1.54) is 0 Å². The maximum Gasteiger partial charge on any atom is 0.341 e. The van der Waals surface area contributed by atoms with E-state index in [4.69, 9.17) is 18.9 Å². The molecular formula is C25H29N7O5. The number of carbonyl (C=O) groups is 1. The van der Waals surface area contributed by atoms with Gasteiger partial charge in [0.15, 0.2) is 0 Å². The molecule has 2 aromatic carbocycles. The second-order valence-electron chi connectivity index (χ2n) is 9.19. The lowest BCUT2D eigenvalue weighted by molar-refractivity contribution is 0.0613. The molecule has 12 heteroatoms. The first-order valence-electron chi connectivity index (χ1n) is 12.4. The number of aromatic nitrogens is 4. The third kappa shape index (κ3) is 5.22. The fourth-order valence-corrected chi connectivity index (χ4v) is 4.94. The SMILES string of the molecule is O=C(NCc1ccccc1)N[C@H]1CO[C@H]2[C@@H]1OC[C@@H]2n1nnnc1Oc1cccc(N2CCOCC2)c1. The number of anilines is 1. The number of fused-ring (bicyclic) bond motifs is 1. The van der Waals surface area contributed by atoms with Gasteiger partial charge in [-0.25, -0.2) is 4.79 Å². The minimum Gasteiger partial charge on any atom is -0.423 e. The zero-order valence-electron chi connectivity index (χ0n) is 20.2. The Morgan fingerprint density at radius 2 is 1.86 bits per heavy atom. The molecule has 0 aliphatic carbocycles. The highest BCUT2D eigenvalue weighted by atomic mass is 16.6. The summed E-state index contributed by atoms with van der Waals surface area (Å²) >= 11 is 0. The van der Waals surface area contributed by atoms with Crippen LogP contribution in [0.2, 0.25) is 0 Å². The number of urea groups is 1. The summed E-state index contributed by atoms with van der Waals surface area (Å²) in [6.45, 7) is 4.20. The molecule has 6 rings (SSSR count). The Balaban J connectivity index is 1.08. The molecule has 12 nitrogen and oxygen atoms in total. The summed E-state index contributed by atoms with van der Waals surface area (Å²) < 4.78 is 25.2. The van der Waals surface area contributed by atoms with Crippen LogP contribution in [-0.2, 0) is 20.8 Å². The summed E-state index contributed by atoms with van der Waals surface area (Å²) in [7, 11) is 0. The Kier molecular flexibility index (Phi) is 6.84. The molecule has 0 saturated carbocycles. The van der Waals surface area contributed by atoms with E-state index in [0.717, 1.165) is 24.3 Å². The molecule has 4 atom stereocenters. The fourth-order valence-electron chi connectivity index (χ4n) is 4.94. The smallest absolute Gasteiger partial charge is 0.341 e. The van der Waals surface area contributed by atoms with Gasteiger partial charge in [0.2, 0.25) is 0 Å². The third-order valence-electron chi connectivity index (χ3n) is 6.82. The first kappa shape index (κ1) is 23.6. The molecule has 3 aliphatic heterocycles. The normalized spacial score (nSPS) is 25.0. The minimum absolute atomic E-state index is 0.258. The molecule has 4 heterocycles. The van der Waals surface area contributed by atoms with Crippen molar-refractivity contribution in [3.8, 4) is 11.8 Å². The van der Waals surface area contributed by atoms with E-state index >= 15 is 0 Å². The van der Waals surface area contributed by atoms with Gasteiger partial charge < -0.3 is 34.5 Å². The zero-order chi connectivity index (χ0) is 25.0. The van der Waals surface area contributed by atoms with Crippen LogP contribution in [0.25, 0.3) is 0 Å². The van der Waals surface area contributed by atoms with E-state index in [-0.39, 0.29) is 36.3 Å². The molecule has 0 unspecified atom stereocenters. The second-order valence-corrected chi connectivity index (χ2v) is 9.19. The van der Waals surface area contributed by atoms with E-state index in [0.29, 0.717) is 38.7 Å². The molecule has 37 heavy (non-hydrogen) atoms. The Hall–Kier alpha value is -3.74. The predicted molar refractivity (Wildman–Crippen MR) is 131 cm³/mol. The molecule has 3 aliphatic rings. The van der Waals surface area contributed by atoms with Crippen molar-refractivity contribution < 1.29 is 23.7 Å². The molecule has 194 valence electrons. The molecule has 2 N–H and O–H groups in total. The van der Waals surface area contributed by atoms with Crippen molar-refractivity contribution >= 4 is 11.7 Å². The van der Waals surface area contributed by atoms with Crippen LogP contribution in [0.3, 0.4) is 0 Å². The van der Waals surface area contributed by atoms with Gasteiger partial charge in [-0.1, -0.05) is 41.5 Å². The van der Waals surface area contributed by atoms with E-state index in [1.807, 2.05) is 54.6 Å². The summed E-state index contributed by atoms with van der Waals surface area (Å²) in [6.07, 6.45) is -0.626. The molecule has 3 fully saturated rings. The summed E-state index contributed by atoms with van der Waals surface area (Å²) in [5.41, 5.74) is 2.08. The molecule has 0 radical (unpaired) electrons. The van der Waals surface area contributed by atoms with Crippen molar-refractivity contribution in [1.29, 1.82) is 0 Å². The number of tetrazole rings is 1. The summed E-state index contributed by atoms with van der Waals surface area (Å²) in [5.74, 6) is 0.637. The van der Waals surface area contributed by atoms with Crippen LogP contribution >= 0.6 is 0 Å². The number of hydrogen-bond donors (Lipinski definition) is 2. The van der Waals surface area contributed by atoms with Crippen molar-refractivity contribution in [2.45, 2.75) is 30.8 Å². The van der Waals surface area contributed by atoms with Crippen LogP contribution in [0.1, 0.15) is 11.6 Å². The van der Waals surface area contributed by atoms with Gasteiger partial charge in [0, 0.05) is 31.4 Å². The Labute approximate surface area is 213 Å². The molecule has 0 spiro atoms. The number of nitrogens with one attached hydrogen (secondary N) is 2. The van der Waals surface area contributed by atoms with Gasteiger partial charge in [0.25, 0.3) is 0 Å². The number of rotatable bonds is 7. The van der Waals surface area contributed by atoms with Crippen LogP contribution in [0.15, 0.2) is 54.6 Å². The lowest BCUT2D eigenvalue weighted by Gasteiger charge is -2.29. The average Bonchev–Trinajstić information content (AvgIpc) is 3.67. The monoisotopic (exact) mass is 507 g/mol. The lowest BCUT2D eigenvalue weighted by atomic mass is 10.1.